The number of rotatable bonds is 15. The topological polar surface area (TPSA) is 258 Å². The lowest BCUT2D eigenvalue weighted by atomic mass is 9.99. The monoisotopic (exact) mass is 831 g/mol. The van der Waals surface area contributed by atoms with Gasteiger partial charge in [-0.05, 0) is 36.5 Å². The number of aliphatic hydroxyl groups excluding tert-OH is 1. The summed E-state index contributed by atoms with van der Waals surface area (Å²) in [5.74, 6) is -2.83. The first-order chi connectivity index (χ1) is 26.2. The smallest absolute Gasteiger partial charge is 0.305 e. The largest absolute Gasteiger partial charge is 0.481 e. The highest BCUT2D eigenvalue weighted by atomic mass is 33.1. The summed E-state index contributed by atoms with van der Waals surface area (Å²) in [5.41, 5.74) is 6.16. The zero-order valence-electron chi connectivity index (χ0n) is 34.5. The third-order valence-electron chi connectivity index (χ3n) is 9.16. The van der Waals surface area contributed by atoms with E-state index < -0.39 is 72.5 Å². The summed E-state index contributed by atoms with van der Waals surface area (Å²) in [7, 11) is 2.69. The average molecular weight is 832 g/mol. The van der Waals surface area contributed by atoms with Gasteiger partial charge >= 0.3 is 5.97 Å². The number of aliphatic hydroxyl groups is 1. The Balaban J connectivity index is 3.43. The van der Waals surface area contributed by atoms with E-state index in [9.17, 15) is 43.8 Å². The normalized spacial score (nSPS) is 24.0. The van der Waals surface area contributed by atoms with Gasteiger partial charge in [-0.15, -0.1) is 0 Å². The Bertz CT molecular complexity index is 1290. The van der Waals surface area contributed by atoms with Gasteiger partial charge in [-0.3, -0.25) is 33.6 Å². The number of hydrogen-bond donors (Lipinski definition) is 9. The van der Waals surface area contributed by atoms with Crippen LogP contribution in [0.15, 0.2) is 0 Å². The maximum atomic E-state index is 13.5. The van der Waals surface area contributed by atoms with Crippen molar-refractivity contribution in [3.05, 3.63) is 0 Å². The first kappa shape index (κ1) is 50.9. The summed E-state index contributed by atoms with van der Waals surface area (Å²) in [6.07, 6.45) is 0.0685. The zero-order valence-corrected chi connectivity index (χ0v) is 36.1. The minimum absolute atomic E-state index is 0.0595. The third kappa shape index (κ3) is 23.2. The van der Waals surface area contributed by atoms with Crippen LogP contribution in [0.4, 0.5) is 0 Å². The van der Waals surface area contributed by atoms with Gasteiger partial charge in [0, 0.05) is 86.3 Å². The van der Waals surface area contributed by atoms with E-state index >= 15 is 0 Å². The molecule has 0 bridgehead atoms. The van der Waals surface area contributed by atoms with Gasteiger partial charge in [0.15, 0.2) is 0 Å². The maximum Gasteiger partial charge on any atom is 0.305 e. The number of carboxylic acids is 1. The first-order valence-electron chi connectivity index (χ1n) is 19.8. The van der Waals surface area contributed by atoms with Crippen molar-refractivity contribution in [2.24, 2.45) is 29.4 Å². The second-order valence-corrected chi connectivity index (χ2v) is 19.0. The second-order valence-electron chi connectivity index (χ2n) is 16.5. The predicted octanol–water partition coefficient (Wildman–Crippen LogP) is 1.83. The Labute approximate surface area is 340 Å². The van der Waals surface area contributed by atoms with Crippen molar-refractivity contribution in [2.75, 3.05) is 18.1 Å². The molecule has 0 aliphatic carbocycles. The average Bonchev–Trinajstić information content (AvgIpc) is 3.04. The van der Waals surface area contributed by atoms with Crippen LogP contribution in [-0.4, -0.2) is 112 Å². The van der Waals surface area contributed by atoms with Crippen molar-refractivity contribution in [3.63, 3.8) is 0 Å². The Morgan fingerprint density at radius 2 is 1.29 bits per heavy atom. The molecule has 2 unspecified atom stereocenters. The first-order valence-corrected chi connectivity index (χ1v) is 22.2. The lowest BCUT2D eigenvalue weighted by Crippen LogP contribution is -2.49. The highest BCUT2D eigenvalue weighted by Gasteiger charge is 2.28. The molecule has 1 rings (SSSR count). The highest BCUT2D eigenvalue weighted by molar-refractivity contribution is 8.76. The van der Waals surface area contributed by atoms with Crippen molar-refractivity contribution in [1.82, 2.24) is 31.9 Å². The van der Waals surface area contributed by atoms with Crippen molar-refractivity contribution >= 4 is 63.0 Å². The Hall–Kier alpha value is -3.09. The minimum Gasteiger partial charge on any atom is -0.481 e. The van der Waals surface area contributed by atoms with E-state index in [-0.39, 0.29) is 98.0 Å². The lowest BCUT2D eigenvalue weighted by Gasteiger charge is -2.26. The molecule has 6 amide bonds. The van der Waals surface area contributed by atoms with Crippen LogP contribution in [0.3, 0.4) is 0 Å². The maximum absolute atomic E-state index is 13.5. The van der Waals surface area contributed by atoms with Crippen LogP contribution in [0.2, 0.25) is 0 Å². The Morgan fingerprint density at radius 3 is 1.86 bits per heavy atom. The SMILES string of the molecule is CC(C)C[C@@H](CC(=O)O)NC(=O)CC1CSSCC(NC(=O)C[C@@H](N)C(C)C)CC(=O)N[C@@H](CC(C)C)CC(=O)N[C@@H](CO)CC(=O)N[C@@H](C(C)C)CC(=O)N1. The predicted molar refractivity (Wildman–Crippen MR) is 220 cm³/mol. The van der Waals surface area contributed by atoms with Crippen LogP contribution >= 0.6 is 21.6 Å². The van der Waals surface area contributed by atoms with Crippen LogP contribution in [0.5, 0.6) is 0 Å². The molecule has 18 heteroatoms. The van der Waals surface area contributed by atoms with E-state index in [0.717, 1.165) is 0 Å². The van der Waals surface area contributed by atoms with E-state index in [4.69, 9.17) is 5.73 Å². The number of aliphatic carboxylic acids is 1. The molecule has 0 aromatic heterocycles. The molecule has 56 heavy (non-hydrogen) atoms. The minimum atomic E-state index is -1.04. The summed E-state index contributed by atoms with van der Waals surface area (Å²) in [5, 5.41) is 36.6. The lowest BCUT2D eigenvalue weighted by molar-refractivity contribution is -0.138. The summed E-state index contributed by atoms with van der Waals surface area (Å²) in [4.78, 5) is 90.9. The van der Waals surface area contributed by atoms with Crippen molar-refractivity contribution < 1.29 is 43.8 Å². The quantitative estimate of drug-likeness (QED) is 0.107. The molecule has 16 nitrogen and oxygen atoms in total. The van der Waals surface area contributed by atoms with E-state index in [1.54, 1.807) is 0 Å². The zero-order chi connectivity index (χ0) is 42.5. The van der Waals surface area contributed by atoms with Gasteiger partial charge in [0.25, 0.3) is 0 Å². The van der Waals surface area contributed by atoms with Crippen LogP contribution < -0.4 is 37.6 Å². The number of nitrogens with one attached hydrogen (secondary N) is 6. The molecule has 0 aromatic rings. The molecule has 1 aliphatic heterocycles. The number of amides is 6. The van der Waals surface area contributed by atoms with Gasteiger partial charge < -0.3 is 47.8 Å². The van der Waals surface area contributed by atoms with Crippen LogP contribution in [0.25, 0.3) is 0 Å². The van der Waals surface area contributed by atoms with Gasteiger partial charge in [0.05, 0.1) is 19.1 Å². The standard InChI is InChI=1S/C38H69N7O9S2/c1-21(2)9-25-11-32(47)42-27(18-46)12-35(50)45-31(24(7)8)17-37(52)44-29(14-34(49)41-26(10-22(3)4)15-38(53)54)20-56-55-19-28(13-33(48)40-25)43-36(51)16-30(39)23(5)6/h21-31,46H,9-20,39H2,1-8H3,(H,40,48)(H,41,49)(H,42,47)(H,43,51)(H,44,52)(H,45,50)(H,53,54)/t25-,26-,27+,28?,29?,30+,31+/m0/s1. The molecule has 0 aromatic carbocycles. The molecule has 1 heterocycles. The summed E-state index contributed by atoms with van der Waals surface area (Å²) < 4.78 is 0. The molecular formula is C38H69N7O9S2. The molecule has 0 saturated carbocycles. The fourth-order valence-corrected chi connectivity index (χ4v) is 8.64. The molecule has 1 fully saturated rings. The summed E-state index contributed by atoms with van der Waals surface area (Å²) in [6, 6.07) is -4.35. The molecule has 0 radical (unpaired) electrons. The molecule has 10 N–H and O–H groups in total. The molecule has 322 valence electrons. The second kappa shape index (κ2) is 26.8. The fourth-order valence-electron chi connectivity index (χ4n) is 6.16. The number of carbonyl (C=O) groups excluding carboxylic acids is 6. The molecule has 1 aliphatic rings. The van der Waals surface area contributed by atoms with Gasteiger partial charge in [-0.25, -0.2) is 0 Å². The number of hydrogen-bond acceptors (Lipinski definition) is 11. The Kier molecular flexibility index (Phi) is 24.3. The number of nitrogens with two attached hydrogens (primary N) is 1. The fraction of sp³-hybridized carbons (Fsp3) is 0.816. The number of carbonyl (C=O) groups is 7. The van der Waals surface area contributed by atoms with Crippen LogP contribution in [-0.2, 0) is 33.6 Å². The van der Waals surface area contributed by atoms with Crippen LogP contribution in [0.1, 0.15) is 113 Å². The molecular weight excluding hydrogens is 763 g/mol. The van der Waals surface area contributed by atoms with E-state index in [0.29, 0.717) is 12.8 Å². The van der Waals surface area contributed by atoms with Crippen LogP contribution in [0, 0.1) is 23.7 Å². The van der Waals surface area contributed by atoms with Gasteiger partial charge in [-0.1, -0.05) is 77.0 Å². The van der Waals surface area contributed by atoms with Crippen molar-refractivity contribution in [1.29, 1.82) is 0 Å². The summed E-state index contributed by atoms with van der Waals surface area (Å²) in [6.45, 7) is 14.8. The van der Waals surface area contributed by atoms with E-state index in [1.165, 1.54) is 21.6 Å². The number of carboxylic acid groups (broad SMARTS) is 1. The molecule has 1 saturated heterocycles. The Morgan fingerprint density at radius 1 is 0.732 bits per heavy atom. The van der Waals surface area contributed by atoms with Crippen molar-refractivity contribution in [2.45, 2.75) is 155 Å². The molecule has 7 atom stereocenters. The molecule has 0 spiro atoms. The highest BCUT2D eigenvalue weighted by Crippen LogP contribution is 2.25. The third-order valence-corrected chi connectivity index (χ3v) is 11.7. The van der Waals surface area contributed by atoms with Gasteiger partial charge in [0.1, 0.15) is 0 Å². The van der Waals surface area contributed by atoms with Crippen molar-refractivity contribution in [3.8, 4) is 0 Å². The van der Waals surface area contributed by atoms with E-state index in [2.05, 4.69) is 31.9 Å². The van der Waals surface area contributed by atoms with Gasteiger partial charge in [-0.2, -0.15) is 0 Å². The summed E-state index contributed by atoms with van der Waals surface area (Å²) >= 11 is 0. The van der Waals surface area contributed by atoms with E-state index in [1.807, 2.05) is 55.4 Å². The van der Waals surface area contributed by atoms with Gasteiger partial charge in [0.2, 0.25) is 35.4 Å².